The Bertz CT molecular complexity index is 591. The van der Waals surface area contributed by atoms with E-state index in [1.807, 2.05) is 11.3 Å². The molecular formula is C18H24N2S. The molecule has 1 N–H and O–H groups in total. The minimum Gasteiger partial charge on any atom is -0.314 e. The van der Waals surface area contributed by atoms with E-state index in [2.05, 4.69) is 67.4 Å². The van der Waals surface area contributed by atoms with Gasteiger partial charge in [0.25, 0.3) is 0 Å². The predicted octanol–water partition coefficient (Wildman–Crippen LogP) is 4.07. The van der Waals surface area contributed by atoms with E-state index < -0.39 is 0 Å². The fourth-order valence-electron chi connectivity index (χ4n) is 3.41. The molecule has 0 amide bonds. The summed E-state index contributed by atoms with van der Waals surface area (Å²) in [6.07, 6.45) is 0. The summed E-state index contributed by atoms with van der Waals surface area (Å²) in [6, 6.07) is 14.2. The van der Waals surface area contributed by atoms with Gasteiger partial charge in [-0.05, 0) is 38.0 Å². The monoisotopic (exact) mass is 300 g/mol. The van der Waals surface area contributed by atoms with Crippen LogP contribution in [0.3, 0.4) is 0 Å². The van der Waals surface area contributed by atoms with Crippen LogP contribution in [0.4, 0.5) is 0 Å². The lowest BCUT2D eigenvalue weighted by atomic mass is 9.98. The topological polar surface area (TPSA) is 15.3 Å². The minimum atomic E-state index is 0.467. The number of thiophene rings is 1. The first-order valence-corrected chi connectivity index (χ1v) is 8.57. The second-order valence-electron chi connectivity index (χ2n) is 5.91. The second-order valence-corrected chi connectivity index (χ2v) is 7.37. The highest BCUT2D eigenvalue weighted by Crippen LogP contribution is 2.35. The summed E-state index contributed by atoms with van der Waals surface area (Å²) in [5, 5.41) is 3.55. The molecule has 3 heteroatoms. The Morgan fingerprint density at radius 2 is 2.00 bits per heavy atom. The van der Waals surface area contributed by atoms with Crippen LogP contribution in [0, 0.1) is 13.8 Å². The third kappa shape index (κ3) is 3.05. The largest absolute Gasteiger partial charge is 0.314 e. The van der Waals surface area contributed by atoms with Crippen LogP contribution in [0.5, 0.6) is 0 Å². The van der Waals surface area contributed by atoms with E-state index in [9.17, 15) is 0 Å². The zero-order valence-corrected chi connectivity index (χ0v) is 13.9. The average molecular weight is 300 g/mol. The van der Waals surface area contributed by atoms with Crippen molar-refractivity contribution in [2.24, 2.45) is 0 Å². The number of rotatable bonds is 3. The molecule has 1 fully saturated rings. The first-order valence-electron chi connectivity index (χ1n) is 7.75. The van der Waals surface area contributed by atoms with Crippen LogP contribution in [0.15, 0.2) is 36.4 Å². The molecule has 0 bridgehead atoms. The maximum Gasteiger partial charge on any atom is 0.0479 e. The summed E-state index contributed by atoms with van der Waals surface area (Å²) in [4.78, 5) is 5.53. The van der Waals surface area contributed by atoms with Gasteiger partial charge in [-0.15, -0.1) is 11.3 Å². The Balaban J connectivity index is 1.89. The molecule has 2 aromatic rings. The maximum absolute atomic E-state index is 3.55. The first-order chi connectivity index (χ1) is 10.2. The lowest BCUT2D eigenvalue weighted by Crippen LogP contribution is -2.46. The molecule has 1 aliphatic heterocycles. The third-order valence-corrected chi connectivity index (χ3v) is 5.48. The summed E-state index contributed by atoms with van der Waals surface area (Å²) >= 11 is 1.92. The van der Waals surface area contributed by atoms with Crippen LogP contribution >= 0.6 is 11.3 Å². The summed E-state index contributed by atoms with van der Waals surface area (Å²) in [5.41, 5.74) is 2.92. The number of piperazine rings is 1. The molecule has 21 heavy (non-hydrogen) atoms. The van der Waals surface area contributed by atoms with Gasteiger partial charge in [0.05, 0.1) is 0 Å². The Kier molecular flexibility index (Phi) is 4.43. The quantitative estimate of drug-likeness (QED) is 0.919. The average Bonchev–Trinajstić information content (AvgIpc) is 2.86. The molecule has 2 nitrogen and oxygen atoms in total. The van der Waals surface area contributed by atoms with Gasteiger partial charge in [-0.2, -0.15) is 0 Å². The number of hydrogen-bond donors (Lipinski definition) is 1. The molecule has 112 valence electrons. The summed E-state index contributed by atoms with van der Waals surface area (Å²) in [5.74, 6) is 0. The van der Waals surface area contributed by atoms with Gasteiger partial charge >= 0.3 is 0 Å². The van der Waals surface area contributed by atoms with Crippen molar-refractivity contribution in [3.8, 4) is 0 Å². The highest BCUT2D eigenvalue weighted by molar-refractivity contribution is 7.12. The van der Waals surface area contributed by atoms with E-state index in [0.717, 1.165) is 19.6 Å². The van der Waals surface area contributed by atoms with Crippen molar-refractivity contribution in [2.45, 2.75) is 32.9 Å². The van der Waals surface area contributed by atoms with Crippen molar-refractivity contribution in [1.82, 2.24) is 10.2 Å². The fraction of sp³-hybridized carbons (Fsp3) is 0.444. The van der Waals surface area contributed by atoms with Gasteiger partial charge in [-0.25, -0.2) is 0 Å². The van der Waals surface area contributed by atoms with Crippen LogP contribution in [-0.2, 0) is 0 Å². The van der Waals surface area contributed by atoms with Gasteiger partial charge in [-0.3, -0.25) is 4.90 Å². The molecule has 3 rings (SSSR count). The number of nitrogens with one attached hydrogen (secondary N) is 1. The Morgan fingerprint density at radius 3 is 2.67 bits per heavy atom. The van der Waals surface area contributed by atoms with E-state index in [1.165, 1.54) is 20.9 Å². The van der Waals surface area contributed by atoms with Crippen molar-refractivity contribution < 1.29 is 0 Å². The normalized spacial score (nSPS) is 21.4. The number of benzene rings is 1. The number of aryl methyl sites for hydroxylation is 2. The Hall–Kier alpha value is -1.16. The molecule has 1 aromatic heterocycles. The van der Waals surface area contributed by atoms with E-state index in [4.69, 9.17) is 0 Å². The van der Waals surface area contributed by atoms with Crippen molar-refractivity contribution in [2.75, 3.05) is 19.6 Å². The van der Waals surface area contributed by atoms with Gasteiger partial charge in [0, 0.05) is 41.5 Å². The van der Waals surface area contributed by atoms with Gasteiger partial charge in [0.15, 0.2) is 0 Å². The zero-order valence-electron chi connectivity index (χ0n) is 13.1. The molecule has 0 aliphatic carbocycles. The van der Waals surface area contributed by atoms with E-state index in [-0.39, 0.29) is 0 Å². The zero-order chi connectivity index (χ0) is 14.8. The molecule has 0 radical (unpaired) electrons. The molecule has 1 aliphatic rings. The molecule has 1 aromatic carbocycles. The highest BCUT2D eigenvalue weighted by Gasteiger charge is 2.29. The standard InChI is InChI=1S/C18H24N2S/c1-13-11-17(15(3)21-13)14(2)20-10-9-19-12-18(20)16-7-5-4-6-8-16/h4-8,11,14,18-19H,9-10,12H2,1-3H3. The van der Waals surface area contributed by atoms with Crippen molar-refractivity contribution in [3.63, 3.8) is 0 Å². The molecule has 2 heterocycles. The van der Waals surface area contributed by atoms with Crippen molar-refractivity contribution in [3.05, 3.63) is 57.3 Å². The molecule has 0 saturated carbocycles. The molecule has 0 spiro atoms. The smallest absolute Gasteiger partial charge is 0.0479 e. The molecule has 1 saturated heterocycles. The van der Waals surface area contributed by atoms with Crippen molar-refractivity contribution >= 4 is 11.3 Å². The van der Waals surface area contributed by atoms with Gasteiger partial charge < -0.3 is 5.32 Å². The third-order valence-electron chi connectivity index (χ3n) is 4.50. The van der Waals surface area contributed by atoms with E-state index in [1.54, 1.807) is 0 Å². The first kappa shape index (κ1) is 14.8. The predicted molar refractivity (Wildman–Crippen MR) is 91.0 cm³/mol. The van der Waals surface area contributed by atoms with Gasteiger partial charge in [0.2, 0.25) is 0 Å². The fourth-order valence-corrected chi connectivity index (χ4v) is 4.43. The summed E-state index contributed by atoms with van der Waals surface area (Å²) in [6.45, 7) is 10.0. The summed E-state index contributed by atoms with van der Waals surface area (Å²) < 4.78 is 0. The van der Waals surface area contributed by atoms with Gasteiger partial charge in [0.1, 0.15) is 0 Å². The van der Waals surface area contributed by atoms with Gasteiger partial charge in [-0.1, -0.05) is 30.3 Å². The van der Waals surface area contributed by atoms with E-state index in [0.29, 0.717) is 12.1 Å². The van der Waals surface area contributed by atoms with Crippen LogP contribution < -0.4 is 5.32 Å². The SMILES string of the molecule is Cc1cc(C(C)N2CCNCC2c2ccccc2)c(C)s1. The Labute approximate surface area is 131 Å². The molecular weight excluding hydrogens is 276 g/mol. The lowest BCUT2D eigenvalue weighted by molar-refractivity contribution is 0.115. The number of nitrogens with zero attached hydrogens (tertiary/aromatic N) is 1. The summed E-state index contributed by atoms with van der Waals surface area (Å²) in [7, 11) is 0. The Morgan fingerprint density at radius 1 is 1.24 bits per heavy atom. The molecule has 2 unspecified atom stereocenters. The maximum atomic E-state index is 3.55. The van der Waals surface area contributed by atoms with Crippen molar-refractivity contribution in [1.29, 1.82) is 0 Å². The van der Waals surface area contributed by atoms with Crippen LogP contribution in [-0.4, -0.2) is 24.5 Å². The van der Waals surface area contributed by atoms with Crippen LogP contribution in [0.25, 0.3) is 0 Å². The van der Waals surface area contributed by atoms with E-state index >= 15 is 0 Å². The number of hydrogen-bond acceptors (Lipinski definition) is 3. The van der Waals surface area contributed by atoms with Crippen LogP contribution in [0.1, 0.15) is 39.9 Å². The second kappa shape index (κ2) is 6.30. The lowest BCUT2D eigenvalue weighted by Gasteiger charge is -2.40. The minimum absolute atomic E-state index is 0.467. The highest BCUT2D eigenvalue weighted by atomic mass is 32.1. The van der Waals surface area contributed by atoms with Crippen LogP contribution in [0.2, 0.25) is 0 Å². The molecule has 2 atom stereocenters.